The fourth-order valence-electron chi connectivity index (χ4n) is 3.89. The summed E-state index contributed by atoms with van der Waals surface area (Å²) in [5.74, 6) is -3.06. The van der Waals surface area contributed by atoms with Gasteiger partial charge in [0, 0.05) is 39.8 Å². The van der Waals surface area contributed by atoms with E-state index in [1.807, 2.05) is 0 Å². The van der Waals surface area contributed by atoms with E-state index in [1.165, 1.54) is 25.3 Å². The lowest BCUT2D eigenvalue weighted by molar-refractivity contribution is -0.136. The van der Waals surface area contributed by atoms with E-state index in [1.54, 1.807) is 0 Å². The van der Waals surface area contributed by atoms with Gasteiger partial charge in [-0.3, -0.25) is 39.0 Å². The molecule has 0 aromatic heterocycles. The van der Waals surface area contributed by atoms with E-state index < -0.39 is 35.6 Å². The van der Waals surface area contributed by atoms with Crippen molar-refractivity contribution in [2.75, 3.05) is 46.6 Å². The maximum absolute atomic E-state index is 13.0. The highest BCUT2D eigenvalue weighted by Gasteiger charge is 2.46. The predicted octanol–water partition coefficient (Wildman–Crippen LogP) is -0.858. The third-order valence-corrected chi connectivity index (χ3v) is 5.64. The molecule has 3 N–H and O–H groups in total. The van der Waals surface area contributed by atoms with Gasteiger partial charge in [-0.05, 0) is 31.4 Å². The van der Waals surface area contributed by atoms with Crippen LogP contribution in [0.5, 0.6) is 5.75 Å². The highest BCUT2D eigenvalue weighted by atomic mass is 16.5. The van der Waals surface area contributed by atoms with E-state index >= 15 is 0 Å². The van der Waals surface area contributed by atoms with E-state index in [0.29, 0.717) is 39.1 Å². The van der Waals surface area contributed by atoms with E-state index in [-0.39, 0.29) is 48.8 Å². The van der Waals surface area contributed by atoms with Gasteiger partial charge in [0.2, 0.25) is 17.7 Å². The monoisotopic (exact) mass is 518 g/mol. The first-order chi connectivity index (χ1) is 17.8. The second kappa shape index (κ2) is 13.5. The first-order valence-electron chi connectivity index (χ1n) is 11.9. The Morgan fingerprint density at radius 1 is 1.00 bits per heavy atom. The van der Waals surface area contributed by atoms with Crippen LogP contribution in [0.2, 0.25) is 0 Å². The van der Waals surface area contributed by atoms with Gasteiger partial charge in [-0.1, -0.05) is 6.07 Å². The number of amides is 6. The topological polar surface area (TPSA) is 169 Å². The molecule has 0 spiro atoms. The van der Waals surface area contributed by atoms with Gasteiger partial charge in [-0.25, -0.2) is 0 Å². The lowest BCUT2D eigenvalue weighted by Crippen LogP contribution is -2.54. The van der Waals surface area contributed by atoms with Crippen molar-refractivity contribution in [1.82, 2.24) is 20.9 Å². The molecule has 3 rings (SSSR count). The number of carbonyl (C=O) groups is 6. The smallest absolute Gasteiger partial charge is 0.266 e. The van der Waals surface area contributed by atoms with Crippen molar-refractivity contribution in [3.05, 3.63) is 29.3 Å². The number of hydrogen-bond acceptors (Lipinski definition) is 9. The van der Waals surface area contributed by atoms with Crippen LogP contribution in [0.4, 0.5) is 0 Å². The minimum Gasteiger partial charge on any atom is -0.483 e. The molecule has 1 fully saturated rings. The van der Waals surface area contributed by atoms with Crippen LogP contribution in [0.1, 0.15) is 46.4 Å². The average molecular weight is 519 g/mol. The molecule has 1 unspecified atom stereocenters. The highest BCUT2D eigenvalue weighted by Crippen LogP contribution is 2.33. The number of ether oxygens (including phenoxy) is 3. The molecule has 2 heterocycles. The van der Waals surface area contributed by atoms with Gasteiger partial charge in [0.1, 0.15) is 18.4 Å². The maximum Gasteiger partial charge on any atom is 0.266 e. The second-order valence-electron chi connectivity index (χ2n) is 8.37. The number of methoxy groups -OCH3 is 1. The summed E-state index contributed by atoms with van der Waals surface area (Å²) >= 11 is 0. The zero-order valence-corrected chi connectivity index (χ0v) is 20.5. The normalized spacial score (nSPS) is 16.9. The fourth-order valence-corrected chi connectivity index (χ4v) is 3.89. The molecule has 1 atom stereocenters. The van der Waals surface area contributed by atoms with Gasteiger partial charge in [-0.15, -0.1) is 0 Å². The molecular weight excluding hydrogens is 488 g/mol. The summed E-state index contributed by atoms with van der Waals surface area (Å²) in [7, 11) is 1.45. The van der Waals surface area contributed by atoms with Crippen molar-refractivity contribution in [2.24, 2.45) is 0 Å². The molecular formula is C24H30N4O9. The average Bonchev–Trinajstić information content (AvgIpc) is 3.12. The number of rotatable bonds is 14. The van der Waals surface area contributed by atoms with Crippen molar-refractivity contribution in [3.8, 4) is 5.75 Å². The van der Waals surface area contributed by atoms with Crippen molar-refractivity contribution >= 4 is 35.4 Å². The Balaban J connectivity index is 1.39. The first-order valence-corrected chi connectivity index (χ1v) is 11.9. The number of hydrogen-bond donors (Lipinski definition) is 3. The Morgan fingerprint density at radius 3 is 2.32 bits per heavy atom. The number of imide groups is 2. The Bertz CT molecular complexity index is 1060. The van der Waals surface area contributed by atoms with Crippen molar-refractivity contribution in [1.29, 1.82) is 0 Å². The van der Waals surface area contributed by atoms with Gasteiger partial charge in [-0.2, -0.15) is 0 Å². The molecule has 6 amide bonds. The number of carbonyl (C=O) groups excluding carboxylic acids is 6. The fraction of sp³-hybridized carbons (Fsp3) is 0.500. The lowest BCUT2D eigenvalue weighted by atomic mass is 10.0. The Hall–Kier alpha value is -3.84. The van der Waals surface area contributed by atoms with Crippen LogP contribution < -0.4 is 20.7 Å². The van der Waals surface area contributed by atoms with Gasteiger partial charge in [0.15, 0.2) is 6.61 Å². The summed E-state index contributed by atoms with van der Waals surface area (Å²) in [6, 6.07) is 3.35. The number of benzene rings is 1. The van der Waals surface area contributed by atoms with Gasteiger partial charge >= 0.3 is 0 Å². The van der Waals surface area contributed by atoms with Crippen LogP contribution in [0.25, 0.3) is 0 Å². The van der Waals surface area contributed by atoms with Crippen LogP contribution in [0, 0.1) is 0 Å². The summed E-state index contributed by atoms with van der Waals surface area (Å²) in [5.41, 5.74) is 0.0554. The SMILES string of the molecule is COCC(=O)NCCCOCCCNC(=O)COc1cccc2c1C(=O)N(C1CCC(=O)NC1=O)C2=O. The van der Waals surface area contributed by atoms with Crippen LogP contribution in [-0.2, 0) is 28.7 Å². The summed E-state index contributed by atoms with van der Waals surface area (Å²) in [6.45, 7) is 1.36. The summed E-state index contributed by atoms with van der Waals surface area (Å²) in [6.07, 6.45) is 1.28. The second-order valence-corrected chi connectivity index (χ2v) is 8.37. The zero-order valence-electron chi connectivity index (χ0n) is 20.5. The molecule has 37 heavy (non-hydrogen) atoms. The number of piperidine rings is 1. The number of fused-ring (bicyclic) bond motifs is 1. The van der Waals surface area contributed by atoms with E-state index in [0.717, 1.165) is 4.90 Å². The number of nitrogens with zero attached hydrogens (tertiary/aromatic N) is 1. The molecule has 2 aliphatic rings. The molecule has 0 radical (unpaired) electrons. The van der Waals surface area contributed by atoms with E-state index in [4.69, 9.17) is 14.2 Å². The van der Waals surface area contributed by atoms with Crippen LogP contribution in [-0.4, -0.2) is 93.0 Å². The van der Waals surface area contributed by atoms with Crippen molar-refractivity contribution < 1.29 is 43.0 Å². The van der Waals surface area contributed by atoms with E-state index in [9.17, 15) is 28.8 Å². The molecule has 13 nitrogen and oxygen atoms in total. The van der Waals surface area contributed by atoms with Gasteiger partial charge < -0.3 is 24.8 Å². The predicted molar refractivity (Wildman–Crippen MR) is 127 cm³/mol. The minimum absolute atomic E-state index is 0.0168. The van der Waals surface area contributed by atoms with Crippen LogP contribution >= 0.6 is 0 Å². The Labute approximate surface area is 213 Å². The quantitative estimate of drug-likeness (QED) is 0.210. The van der Waals surface area contributed by atoms with Crippen LogP contribution in [0.15, 0.2) is 18.2 Å². The highest BCUT2D eigenvalue weighted by molar-refractivity contribution is 6.24. The molecule has 0 aliphatic carbocycles. The molecule has 0 saturated carbocycles. The summed E-state index contributed by atoms with van der Waals surface area (Å²) < 4.78 is 15.7. The lowest BCUT2D eigenvalue weighted by Gasteiger charge is -2.27. The third-order valence-electron chi connectivity index (χ3n) is 5.64. The molecule has 1 aromatic rings. The summed E-state index contributed by atoms with van der Waals surface area (Å²) in [4.78, 5) is 73.7. The largest absolute Gasteiger partial charge is 0.483 e. The number of nitrogens with one attached hydrogen (secondary N) is 3. The van der Waals surface area contributed by atoms with Gasteiger partial charge in [0.25, 0.3) is 17.7 Å². The first kappa shape index (κ1) is 27.7. The Kier molecular flexibility index (Phi) is 10.1. The summed E-state index contributed by atoms with van der Waals surface area (Å²) in [5, 5.41) is 7.51. The third kappa shape index (κ3) is 7.33. The van der Waals surface area contributed by atoms with Crippen LogP contribution in [0.3, 0.4) is 0 Å². The van der Waals surface area contributed by atoms with Crippen molar-refractivity contribution in [2.45, 2.75) is 31.7 Å². The molecule has 13 heteroatoms. The standard InChI is InChI=1S/C24H30N4O9/c1-35-13-19(30)25-9-3-11-36-12-4-10-26-20(31)14-37-17-6-2-5-15-21(17)24(34)28(23(15)33)16-7-8-18(29)27-22(16)32/h2,5-6,16H,3-4,7-14H2,1H3,(H,25,30)(H,26,31)(H,27,29,32). The zero-order chi connectivity index (χ0) is 26.8. The van der Waals surface area contributed by atoms with Crippen molar-refractivity contribution in [3.63, 3.8) is 0 Å². The molecule has 0 bridgehead atoms. The molecule has 1 saturated heterocycles. The Morgan fingerprint density at radius 2 is 1.68 bits per heavy atom. The van der Waals surface area contributed by atoms with Gasteiger partial charge in [0.05, 0.1) is 11.1 Å². The minimum atomic E-state index is -1.09. The maximum atomic E-state index is 13.0. The molecule has 2 aliphatic heterocycles. The molecule has 1 aromatic carbocycles. The molecule has 200 valence electrons. The van der Waals surface area contributed by atoms with E-state index in [2.05, 4.69) is 16.0 Å².